The molecule has 0 unspecified atom stereocenters. The van der Waals surface area contributed by atoms with Crippen LogP contribution >= 0.6 is 0 Å². The van der Waals surface area contributed by atoms with Crippen molar-refractivity contribution in [2.75, 3.05) is 7.05 Å². The molecule has 0 aromatic carbocycles. The van der Waals surface area contributed by atoms with E-state index in [0.717, 1.165) is 6.29 Å². The van der Waals surface area contributed by atoms with Gasteiger partial charge in [-0.15, -0.1) is 0 Å². The largest absolute Gasteiger partial charge is 0.355 e. The van der Waals surface area contributed by atoms with Gasteiger partial charge < -0.3 is 5.32 Å². The van der Waals surface area contributed by atoms with E-state index in [1.807, 2.05) is 12.2 Å². The van der Waals surface area contributed by atoms with Gasteiger partial charge in [-0.05, 0) is 12.5 Å². The maximum Gasteiger partial charge on any atom is 0.251 e. The van der Waals surface area contributed by atoms with Crippen molar-refractivity contribution in [2.24, 2.45) is 0 Å². The molecule has 3 heteroatoms. The summed E-state index contributed by atoms with van der Waals surface area (Å²) < 4.78 is 0. The molecule has 3 nitrogen and oxygen atoms in total. The first-order valence-electron chi connectivity index (χ1n) is 4.03. The van der Waals surface area contributed by atoms with Gasteiger partial charge >= 0.3 is 0 Å². The molecule has 0 heterocycles. The number of amides is 1. The third kappa shape index (κ3) is 2.15. The summed E-state index contributed by atoms with van der Waals surface area (Å²) in [5.74, 6) is -0.220. The van der Waals surface area contributed by atoms with Gasteiger partial charge in [-0.3, -0.25) is 9.59 Å². The Hall–Kier alpha value is -1.64. The van der Waals surface area contributed by atoms with Crippen molar-refractivity contribution in [3.8, 4) is 0 Å². The van der Waals surface area contributed by atoms with E-state index in [1.165, 1.54) is 0 Å². The number of allylic oxidation sites excluding steroid dienone is 4. The van der Waals surface area contributed by atoms with Crippen molar-refractivity contribution in [1.82, 2.24) is 5.32 Å². The molecule has 0 spiro atoms. The van der Waals surface area contributed by atoms with Crippen LogP contribution in [0.25, 0.3) is 0 Å². The van der Waals surface area contributed by atoms with Gasteiger partial charge in [0.2, 0.25) is 0 Å². The highest BCUT2D eigenvalue weighted by molar-refractivity contribution is 6.01. The zero-order valence-corrected chi connectivity index (χ0v) is 7.41. The Kier molecular flexibility index (Phi) is 3.20. The van der Waals surface area contributed by atoms with Crippen molar-refractivity contribution >= 4 is 12.2 Å². The molecule has 0 atom stereocenters. The van der Waals surface area contributed by atoms with Gasteiger partial charge in [0.25, 0.3) is 5.91 Å². The van der Waals surface area contributed by atoms with E-state index < -0.39 is 0 Å². The van der Waals surface area contributed by atoms with Crippen LogP contribution in [0.5, 0.6) is 0 Å². The molecule has 0 aromatic rings. The maximum atomic E-state index is 11.3. The number of hydrogen-bond donors (Lipinski definition) is 1. The topological polar surface area (TPSA) is 46.2 Å². The van der Waals surface area contributed by atoms with E-state index in [0.29, 0.717) is 17.6 Å². The normalized spacial score (nSPS) is 15.5. The van der Waals surface area contributed by atoms with Crippen molar-refractivity contribution in [2.45, 2.75) is 6.42 Å². The number of carbonyl (C=O) groups is 2. The second kappa shape index (κ2) is 4.40. The molecule has 1 aliphatic carbocycles. The van der Waals surface area contributed by atoms with E-state index >= 15 is 0 Å². The number of rotatable bonds is 2. The van der Waals surface area contributed by atoms with Crippen LogP contribution in [-0.2, 0) is 9.59 Å². The van der Waals surface area contributed by atoms with Crippen molar-refractivity contribution in [3.63, 3.8) is 0 Å². The highest BCUT2D eigenvalue weighted by Gasteiger charge is 2.10. The predicted octanol–water partition coefficient (Wildman–Crippen LogP) is 0.744. The fraction of sp³-hybridized carbons (Fsp3) is 0.200. The summed E-state index contributed by atoms with van der Waals surface area (Å²) in [7, 11) is 1.55. The highest BCUT2D eigenvalue weighted by Crippen LogP contribution is 2.12. The molecule has 0 saturated carbocycles. The van der Waals surface area contributed by atoms with Crippen molar-refractivity contribution < 1.29 is 9.59 Å². The summed E-state index contributed by atoms with van der Waals surface area (Å²) in [4.78, 5) is 21.9. The molecule has 0 fully saturated rings. The number of aldehydes is 1. The van der Waals surface area contributed by atoms with Crippen LogP contribution < -0.4 is 5.32 Å². The van der Waals surface area contributed by atoms with Crippen molar-refractivity contribution in [3.05, 3.63) is 35.5 Å². The molecule has 0 radical (unpaired) electrons. The lowest BCUT2D eigenvalue weighted by Crippen LogP contribution is -2.20. The van der Waals surface area contributed by atoms with E-state index in [2.05, 4.69) is 5.32 Å². The van der Waals surface area contributed by atoms with Crippen LogP contribution in [0, 0.1) is 0 Å². The molecular formula is C10H11NO2. The quantitative estimate of drug-likeness (QED) is 0.632. The van der Waals surface area contributed by atoms with Gasteiger partial charge in [-0.25, -0.2) is 0 Å². The summed E-state index contributed by atoms with van der Waals surface area (Å²) in [6, 6.07) is 0. The predicted molar refractivity (Wildman–Crippen MR) is 50.1 cm³/mol. The minimum Gasteiger partial charge on any atom is -0.355 e. The minimum absolute atomic E-state index is 0.220. The van der Waals surface area contributed by atoms with Crippen LogP contribution in [0.3, 0.4) is 0 Å². The van der Waals surface area contributed by atoms with Crippen LogP contribution in [-0.4, -0.2) is 19.2 Å². The third-order valence-electron chi connectivity index (χ3n) is 1.81. The van der Waals surface area contributed by atoms with Gasteiger partial charge in [0, 0.05) is 18.2 Å². The highest BCUT2D eigenvalue weighted by atomic mass is 16.1. The van der Waals surface area contributed by atoms with Gasteiger partial charge in [0.15, 0.2) is 0 Å². The van der Waals surface area contributed by atoms with Gasteiger partial charge in [0.05, 0.1) is 0 Å². The lowest BCUT2D eigenvalue weighted by atomic mass is 10.1. The number of carbonyl (C=O) groups excluding carboxylic acids is 2. The lowest BCUT2D eigenvalue weighted by Gasteiger charge is -2.02. The monoisotopic (exact) mass is 177 g/mol. The molecule has 68 valence electrons. The number of hydrogen-bond acceptors (Lipinski definition) is 2. The molecule has 0 saturated heterocycles. The van der Waals surface area contributed by atoms with Crippen molar-refractivity contribution in [1.29, 1.82) is 0 Å². The lowest BCUT2D eigenvalue weighted by molar-refractivity contribution is -0.117. The standard InChI is InChI=1S/C10H11NO2/c1-11-10(13)9-6-4-2-3-5-8(9)7-12/h2-4,6-7H,5H2,1H3,(H,11,13). The maximum absolute atomic E-state index is 11.3. The fourth-order valence-electron chi connectivity index (χ4n) is 1.11. The molecule has 1 aliphatic rings. The number of likely N-dealkylation sites (N-methyl/N-ethyl adjacent to an activating group) is 1. The smallest absolute Gasteiger partial charge is 0.251 e. The Labute approximate surface area is 76.8 Å². The molecule has 0 aliphatic heterocycles. The minimum atomic E-state index is -0.220. The Morgan fingerprint density at radius 1 is 1.54 bits per heavy atom. The molecule has 0 aromatic heterocycles. The van der Waals surface area contributed by atoms with Gasteiger partial charge in [-0.2, -0.15) is 0 Å². The summed E-state index contributed by atoms with van der Waals surface area (Å²) in [5, 5.41) is 2.49. The summed E-state index contributed by atoms with van der Waals surface area (Å²) in [6.07, 6.45) is 8.30. The Morgan fingerprint density at radius 3 is 2.92 bits per heavy atom. The third-order valence-corrected chi connectivity index (χ3v) is 1.81. The fourth-order valence-corrected chi connectivity index (χ4v) is 1.11. The first-order valence-corrected chi connectivity index (χ1v) is 4.03. The van der Waals surface area contributed by atoms with Gasteiger partial charge in [-0.1, -0.05) is 18.2 Å². The Morgan fingerprint density at radius 2 is 2.31 bits per heavy atom. The molecule has 1 amide bonds. The zero-order chi connectivity index (χ0) is 9.68. The zero-order valence-electron chi connectivity index (χ0n) is 7.41. The Balaban J connectivity index is 3.05. The number of nitrogens with one attached hydrogen (secondary N) is 1. The molecule has 13 heavy (non-hydrogen) atoms. The second-order valence-corrected chi connectivity index (χ2v) is 2.63. The van der Waals surface area contributed by atoms with Crippen LogP contribution in [0.1, 0.15) is 6.42 Å². The van der Waals surface area contributed by atoms with E-state index in [-0.39, 0.29) is 5.91 Å². The molecular weight excluding hydrogens is 166 g/mol. The van der Waals surface area contributed by atoms with Gasteiger partial charge in [0.1, 0.15) is 6.29 Å². The van der Waals surface area contributed by atoms with E-state index in [9.17, 15) is 9.59 Å². The average molecular weight is 177 g/mol. The van der Waals surface area contributed by atoms with Crippen LogP contribution in [0.4, 0.5) is 0 Å². The van der Waals surface area contributed by atoms with Crippen LogP contribution in [0.2, 0.25) is 0 Å². The summed E-state index contributed by atoms with van der Waals surface area (Å²) in [5.41, 5.74) is 0.965. The molecule has 1 N–H and O–H groups in total. The van der Waals surface area contributed by atoms with E-state index in [4.69, 9.17) is 0 Å². The Bertz CT molecular complexity index is 311. The summed E-state index contributed by atoms with van der Waals surface area (Å²) >= 11 is 0. The summed E-state index contributed by atoms with van der Waals surface area (Å²) in [6.45, 7) is 0. The first kappa shape index (κ1) is 9.45. The average Bonchev–Trinajstić information content (AvgIpc) is 2.41. The SMILES string of the molecule is CNC(=O)C1=C(C=O)CC=CC=C1. The molecule has 1 rings (SSSR count). The second-order valence-electron chi connectivity index (χ2n) is 2.63. The van der Waals surface area contributed by atoms with Crippen LogP contribution in [0.15, 0.2) is 35.5 Å². The first-order chi connectivity index (χ1) is 6.29. The van der Waals surface area contributed by atoms with E-state index in [1.54, 1.807) is 19.2 Å². The molecule has 0 bridgehead atoms.